The number of hydrogen-bond acceptors (Lipinski definition) is 6. The Morgan fingerprint density at radius 1 is 1.12 bits per heavy atom. The number of carbonyl (C=O) groups is 1. The second-order valence-electron chi connectivity index (χ2n) is 6.21. The minimum atomic E-state index is -3.45. The molecule has 1 aromatic heterocycles. The summed E-state index contributed by atoms with van der Waals surface area (Å²) in [6, 6.07) is 8.16. The van der Waals surface area contributed by atoms with Gasteiger partial charge < -0.3 is 5.32 Å². The van der Waals surface area contributed by atoms with Gasteiger partial charge in [-0.1, -0.05) is 48.8 Å². The molecule has 0 saturated heterocycles. The Labute approximate surface area is 151 Å². The van der Waals surface area contributed by atoms with Crippen molar-refractivity contribution in [2.75, 3.05) is 11.1 Å². The summed E-state index contributed by atoms with van der Waals surface area (Å²) in [5.74, 6) is -0.141. The smallest absolute Gasteiger partial charge is 0.227 e. The maximum absolute atomic E-state index is 12.2. The quantitative estimate of drug-likeness (QED) is 0.831. The van der Waals surface area contributed by atoms with Gasteiger partial charge in [-0.05, 0) is 25.0 Å². The van der Waals surface area contributed by atoms with Gasteiger partial charge in [-0.25, -0.2) is 8.42 Å². The highest BCUT2D eigenvalue weighted by atomic mass is 32.2. The fourth-order valence-corrected chi connectivity index (χ4v) is 5.14. The third-order valence-corrected chi connectivity index (χ3v) is 7.07. The SMILES string of the molecule is O=C(CCS(=O)(=O)c1ccccc1)Nc1nnc(C2CCCCC2)s1. The van der Waals surface area contributed by atoms with Crippen LogP contribution in [-0.2, 0) is 14.6 Å². The van der Waals surface area contributed by atoms with E-state index < -0.39 is 9.84 Å². The number of sulfone groups is 1. The van der Waals surface area contributed by atoms with Crippen LogP contribution in [0.2, 0.25) is 0 Å². The van der Waals surface area contributed by atoms with E-state index >= 15 is 0 Å². The first-order valence-electron chi connectivity index (χ1n) is 8.46. The zero-order chi connectivity index (χ0) is 17.7. The van der Waals surface area contributed by atoms with Gasteiger partial charge in [0.15, 0.2) is 9.84 Å². The third-order valence-electron chi connectivity index (χ3n) is 4.34. The van der Waals surface area contributed by atoms with Gasteiger partial charge in [-0.3, -0.25) is 4.79 Å². The molecule has 0 unspecified atom stereocenters. The first-order valence-corrected chi connectivity index (χ1v) is 10.9. The number of nitrogens with zero attached hydrogens (tertiary/aromatic N) is 2. The molecule has 2 aromatic rings. The Bertz CT molecular complexity index is 813. The van der Waals surface area contributed by atoms with Crippen molar-refractivity contribution in [3.63, 3.8) is 0 Å². The van der Waals surface area contributed by atoms with Crippen molar-refractivity contribution in [2.24, 2.45) is 0 Å². The van der Waals surface area contributed by atoms with Crippen LogP contribution in [0.25, 0.3) is 0 Å². The van der Waals surface area contributed by atoms with Crippen LogP contribution in [-0.4, -0.2) is 30.3 Å². The number of nitrogens with one attached hydrogen (secondary N) is 1. The van der Waals surface area contributed by atoms with Crippen molar-refractivity contribution in [3.05, 3.63) is 35.3 Å². The van der Waals surface area contributed by atoms with Gasteiger partial charge in [0.05, 0.1) is 10.6 Å². The summed E-state index contributed by atoms with van der Waals surface area (Å²) in [4.78, 5) is 12.3. The summed E-state index contributed by atoms with van der Waals surface area (Å²) in [7, 11) is -3.45. The molecule has 0 radical (unpaired) electrons. The van der Waals surface area contributed by atoms with E-state index in [0.29, 0.717) is 11.0 Å². The molecule has 8 heteroatoms. The van der Waals surface area contributed by atoms with Gasteiger partial charge in [0, 0.05) is 12.3 Å². The highest BCUT2D eigenvalue weighted by Gasteiger charge is 2.21. The van der Waals surface area contributed by atoms with E-state index in [0.717, 1.165) is 17.8 Å². The van der Waals surface area contributed by atoms with Crippen LogP contribution in [0.3, 0.4) is 0 Å². The number of aromatic nitrogens is 2. The van der Waals surface area contributed by atoms with Crippen molar-refractivity contribution in [2.45, 2.75) is 49.3 Å². The molecule has 3 rings (SSSR count). The first kappa shape index (κ1) is 18.0. The van der Waals surface area contributed by atoms with E-state index in [-0.39, 0.29) is 23.0 Å². The van der Waals surface area contributed by atoms with Gasteiger partial charge in [0.2, 0.25) is 11.0 Å². The lowest BCUT2D eigenvalue weighted by Crippen LogP contribution is -2.17. The Balaban J connectivity index is 1.53. The molecular formula is C17H21N3O3S2. The number of anilines is 1. The zero-order valence-electron chi connectivity index (χ0n) is 13.8. The molecule has 0 aliphatic heterocycles. The summed E-state index contributed by atoms with van der Waals surface area (Å²) >= 11 is 1.39. The predicted molar refractivity (Wildman–Crippen MR) is 97.5 cm³/mol. The number of hydrogen-bond donors (Lipinski definition) is 1. The second kappa shape index (κ2) is 8.05. The fraction of sp³-hybridized carbons (Fsp3) is 0.471. The molecule has 1 heterocycles. The molecule has 1 aromatic carbocycles. The Hall–Kier alpha value is -1.80. The maximum atomic E-state index is 12.2. The van der Waals surface area contributed by atoms with E-state index in [1.54, 1.807) is 18.2 Å². The van der Waals surface area contributed by atoms with Crippen molar-refractivity contribution >= 4 is 32.2 Å². The second-order valence-corrected chi connectivity index (χ2v) is 9.33. The van der Waals surface area contributed by atoms with Crippen LogP contribution in [0.5, 0.6) is 0 Å². The molecule has 1 saturated carbocycles. The van der Waals surface area contributed by atoms with Crippen molar-refractivity contribution < 1.29 is 13.2 Å². The average molecular weight is 380 g/mol. The molecule has 1 N–H and O–H groups in total. The molecular weight excluding hydrogens is 358 g/mol. The summed E-state index contributed by atoms with van der Waals surface area (Å²) in [6.07, 6.45) is 5.84. The zero-order valence-corrected chi connectivity index (χ0v) is 15.5. The number of benzene rings is 1. The molecule has 1 aliphatic carbocycles. The van der Waals surface area contributed by atoms with Gasteiger partial charge in [-0.2, -0.15) is 0 Å². The fourth-order valence-electron chi connectivity index (χ4n) is 2.95. The normalized spacial score (nSPS) is 15.8. The van der Waals surface area contributed by atoms with Gasteiger partial charge in [0.25, 0.3) is 0 Å². The lowest BCUT2D eigenvalue weighted by atomic mass is 9.90. The molecule has 6 nitrogen and oxygen atoms in total. The van der Waals surface area contributed by atoms with Crippen LogP contribution in [0.1, 0.15) is 49.5 Å². The van der Waals surface area contributed by atoms with Crippen LogP contribution in [0, 0.1) is 0 Å². The van der Waals surface area contributed by atoms with E-state index in [9.17, 15) is 13.2 Å². The first-order chi connectivity index (χ1) is 12.0. The van der Waals surface area contributed by atoms with Crippen LogP contribution in [0.4, 0.5) is 5.13 Å². The maximum Gasteiger partial charge on any atom is 0.227 e. The molecule has 134 valence electrons. The van der Waals surface area contributed by atoms with Gasteiger partial charge in [0.1, 0.15) is 5.01 Å². The molecule has 1 fully saturated rings. The Morgan fingerprint density at radius 2 is 1.84 bits per heavy atom. The Morgan fingerprint density at radius 3 is 2.56 bits per heavy atom. The summed E-state index contributed by atoms with van der Waals surface area (Å²) in [6.45, 7) is 0. The Kier molecular flexibility index (Phi) is 5.80. The van der Waals surface area contributed by atoms with Gasteiger partial charge >= 0.3 is 0 Å². The number of rotatable bonds is 6. The molecule has 0 spiro atoms. The lowest BCUT2D eigenvalue weighted by Gasteiger charge is -2.18. The van der Waals surface area contributed by atoms with Crippen molar-refractivity contribution in [1.29, 1.82) is 0 Å². The summed E-state index contributed by atoms with van der Waals surface area (Å²) < 4.78 is 24.4. The number of amides is 1. The summed E-state index contributed by atoms with van der Waals surface area (Å²) in [5.41, 5.74) is 0. The van der Waals surface area contributed by atoms with Crippen LogP contribution >= 0.6 is 11.3 Å². The van der Waals surface area contributed by atoms with E-state index in [4.69, 9.17) is 0 Å². The molecule has 25 heavy (non-hydrogen) atoms. The van der Waals surface area contributed by atoms with Crippen LogP contribution in [0.15, 0.2) is 35.2 Å². The molecule has 1 amide bonds. The van der Waals surface area contributed by atoms with E-state index in [1.807, 2.05) is 0 Å². The molecule has 0 bridgehead atoms. The monoisotopic (exact) mass is 379 g/mol. The topological polar surface area (TPSA) is 89.0 Å². The number of carbonyl (C=O) groups excluding carboxylic acids is 1. The largest absolute Gasteiger partial charge is 0.301 e. The van der Waals surface area contributed by atoms with Crippen molar-refractivity contribution in [3.8, 4) is 0 Å². The predicted octanol–water partition coefficient (Wildman–Crippen LogP) is 3.39. The molecule has 1 aliphatic rings. The van der Waals surface area contributed by atoms with Gasteiger partial charge in [-0.15, -0.1) is 10.2 Å². The van der Waals surface area contributed by atoms with Crippen molar-refractivity contribution in [1.82, 2.24) is 10.2 Å². The molecule has 0 atom stereocenters. The van der Waals surface area contributed by atoms with E-state index in [2.05, 4.69) is 15.5 Å². The standard InChI is InChI=1S/C17H21N3O3S2/c21-15(11-12-25(22,23)14-9-5-2-6-10-14)18-17-20-19-16(24-17)13-7-3-1-4-8-13/h2,5-6,9-10,13H,1,3-4,7-8,11-12H2,(H,18,20,21). The highest BCUT2D eigenvalue weighted by molar-refractivity contribution is 7.91. The minimum absolute atomic E-state index is 0.102. The lowest BCUT2D eigenvalue weighted by molar-refractivity contribution is -0.115. The average Bonchev–Trinajstić information content (AvgIpc) is 3.10. The highest BCUT2D eigenvalue weighted by Crippen LogP contribution is 2.35. The minimum Gasteiger partial charge on any atom is -0.301 e. The van der Waals surface area contributed by atoms with E-state index in [1.165, 1.54) is 42.7 Å². The third kappa shape index (κ3) is 4.85. The van der Waals surface area contributed by atoms with Crippen LogP contribution < -0.4 is 5.32 Å². The summed E-state index contributed by atoms with van der Waals surface area (Å²) in [5, 5.41) is 12.3.